The third-order valence-electron chi connectivity index (χ3n) is 13.4. The Morgan fingerprint density at radius 1 is 0.161 bits per heavy atom. The van der Waals surface area contributed by atoms with Gasteiger partial charge in [-0.15, -0.1) is 0 Å². The van der Waals surface area contributed by atoms with E-state index >= 15 is 0 Å². The first-order valence-corrected chi connectivity index (χ1v) is 21.6. The molecule has 0 aliphatic heterocycles. The topological polar surface area (TPSA) is 0 Å². The molecule has 0 unspecified atom stereocenters. The van der Waals surface area contributed by atoms with Gasteiger partial charge < -0.3 is 0 Å². The van der Waals surface area contributed by atoms with E-state index in [1.165, 1.54) is 131 Å². The molecule has 62 heavy (non-hydrogen) atoms. The Kier molecular flexibility index (Phi) is 7.71. The van der Waals surface area contributed by atoms with Crippen molar-refractivity contribution in [2.24, 2.45) is 0 Å². The fraction of sp³-hybridized carbons (Fsp3) is 0. The molecule has 0 N–H and O–H groups in total. The van der Waals surface area contributed by atoms with Crippen LogP contribution in [0.25, 0.3) is 131 Å². The van der Waals surface area contributed by atoms with Crippen LogP contribution in [0.5, 0.6) is 0 Å². The molecule has 0 saturated carbocycles. The van der Waals surface area contributed by atoms with Crippen LogP contribution in [0.3, 0.4) is 0 Å². The fourth-order valence-electron chi connectivity index (χ4n) is 10.3. The number of hydrogen-bond acceptors (Lipinski definition) is 0. The van der Waals surface area contributed by atoms with Gasteiger partial charge in [0, 0.05) is 0 Å². The lowest BCUT2D eigenvalue weighted by molar-refractivity contribution is 1.55. The molecule has 13 aromatic rings. The lowest BCUT2D eigenvalue weighted by atomic mass is 9.89. The molecule has 286 valence electrons. The first-order chi connectivity index (χ1) is 30.7. The van der Waals surface area contributed by atoms with Crippen LogP contribution in [0.15, 0.2) is 231 Å². The van der Waals surface area contributed by atoms with E-state index in [-0.39, 0.29) is 0 Å². The minimum atomic E-state index is 1.20. The Morgan fingerprint density at radius 2 is 0.452 bits per heavy atom. The smallest absolute Gasteiger partial charge is 0.00206 e. The highest BCUT2D eigenvalue weighted by molar-refractivity contribution is 6.26. The average molecular weight is 783 g/mol. The second kappa shape index (κ2) is 13.7. The fourth-order valence-corrected chi connectivity index (χ4v) is 10.3. The van der Waals surface area contributed by atoms with Crippen molar-refractivity contribution in [2.45, 2.75) is 0 Å². The summed E-state index contributed by atoms with van der Waals surface area (Å²) in [4.78, 5) is 0. The first-order valence-electron chi connectivity index (χ1n) is 21.6. The van der Waals surface area contributed by atoms with E-state index in [2.05, 4.69) is 231 Å². The Morgan fingerprint density at radius 3 is 0.839 bits per heavy atom. The molecule has 0 spiro atoms. The zero-order valence-corrected chi connectivity index (χ0v) is 33.9. The van der Waals surface area contributed by atoms with E-state index in [9.17, 15) is 0 Å². The predicted molar refractivity (Wildman–Crippen MR) is 266 cm³/mol. The van der Waals surface area contributed by atoms with Gasteiger partial charge in [-0.25, -0.2) is 0 Å². The monoisotopic (exact) mass is 782 g/mol. The van der Waals surface area contributed by atoms with E-state index in [0.29, 0.717) is 0 Å². The third kappa shape index (κ3) is 5.54. The Hall–Kier alpha value is -8.06. The highest BCUT2D eigenvalue weighted by Gasteiger charge is 2.15. The summed E-state index contributed by atoms with van der Waals surface area (Å²) in [7, 11) is 0. The largest absolute Gasteiger partial charge is 0.0622 e. The van der Waals surface area contributed by atoms with Crippen LogP contribution in [0, 0.1) is 0 Å². The molecule has 0 radical (unpaired) electrons. The SMILES string of the molecule is c1ccc(-c2cc(-c3ccc(-c4ccc(-c5ccc6ccc7cccc8ccc5c6c78)cc4)cc3)cc(-c3ccc(-c4ccc5ccc6cccc7ccc4c5c67)cc3)c2)cc1. The summed E-state index contributed by atoms with van der Waals surface area (Å²) >= 11 is 0. The van der Waals surface area contributed by atoms with E-state index in [4.69, 9.17) is 0 Å². The molecule has 0 heteroatoms. The summed E-state index contributed by atoms with van der Waals surface area (Å²) < 4.78 is 0. The van der Waals surface area contributed by atoms with Crippen molar-refractivity contribution in [3.63, 3.8) is 0 Å². The van der Waals surface area contributed by atoms with Gasteiger partial charge in [-0.1, -0.05) is 212 Å². The summed E-state index contributed by atoms with van der Waals surface area (Å²) in [6, 6.07) is 85.6. The van der Waals surface area contributed by atoms with Crippen LogP contribution in [-0.2, 0) is 0 Å². The molecule has 0 aliphatic rings. The first kappa shape index (κ1) is 34.8. The molecule has 0 aliphatic carbocycles. The molecule has 0 amide bonds. The zero-order chi connectivity index (χ0) is 40.7. The Bertz CT molecular complexity index is 3770. The second-order valence-electron chi connectivity index (χ2n) is 16.8. The second-order valence-corrected chi connectivity index (χ2v) is 16.8. The van der Waals surface area contributed by atoms with Gasteiger partial charge in [0.05, 0.1) is 0 Å². The molecule has 0 fully saturated rings. The Balaban J connectivity index is 0.833. The highest BCUT2D eigenvalue weighted by Crippen LogP contribution is 2.42. The van der Waals surface area contributed by atoms with E-state index in [1.807, 2.05) is 0 Å². The van der Waals surface area contributed by atoms with Crippen LogP contribution < -0.4 is 0 Å². The van der Waals surface area contributed by atoms with Crippen molar-refractivity contribution in [3.05, 3.63) is 231 Å². The highest BCUT2D eigenvalue weighted by atomic mass is 14.2. The van der Waals surface area contributed by atoms with Gasteiger partial charge >= 0.3 is 0 Å². The van der Waals surface area contributed by atoms with Crippen LogP contribution in [0.4, 0.5) is 0 Å². The molecule has 0 bridgehead atoms. The third-order valence-corrected chi connectivity index (χ3v) is 13.4. The molecule has 0 aromatic heterocycles. The van der Waals surface area contributed by atoms with Crippen LogP contribution >= 0.6 is 0 Å². The average Bonchev–Trinajstić information content (AvgIpc) is 3.35. The maximum absolute atomic E-state index is 2.35. The van der Waals surface area contributed by atoms with Gasteiger partial charge in [0.15, 0.2) is 0 Å². The molecule has 13 aromatic carbocycles. The van der Waals surface area contributed by atoms with Gasteiger partial charge in [0.2, 0.25) is 0 Å². The summed E-state index contributed by atoms with van der Waals surface area (Å²) in [5, 5.41) is 15.8. The van der Waals surface area contributed by atoms with Crippen LogP contribution in [0.2, 0.25) is 0 Å². The molecule has 0 saturated heterocycles. The van der Waals surface area contributed by atoms with Crippen LogP contribution in [0.1, 0.15) is 0 Å². The van der Waals surface area contributed by atoms with E-state index < -0.39 is 0 Å². The summed E-state index contributed by atoms with van der Waals surface area (Å²) in [6.45, 7) is 0. The Labute approximate surface area is 360 Å². The number of benzene rings is 13. The predicted octanol–water partition coefficient (Wildman–Crippen LogP) is 17.5. The molecular weight excluding hydrogens is 745 g/mol. The minimum Gasteiger partial charge on any atom is -0.0622 e. The van der Waals surface area contributed by atoms with Gasteiger partial charge in [0.25, 0.3) is 0 Å². The summed E-state index contributed by atoms with van der Waals surface area (Å²) in [5.74, 6) is 0. The standard InChI is InChI=1S/C62H38/c1-2-6-39(7-3-1)52-36-53(38-54(37-52)43-18-22-45(23-19-43)56-33-29-51-27-25-47-9-5-11-49-31-35-58(56)62(51)60(47)49)42-14-12-40(13-15-42)41-16-20-44(21-17-41)55-32-28-50-26-24-46-8-4-10-48-30-34-57(55)61(50)59(46)48/h1-38H. The zero-order valence-electron chi connectivity index (χ0n) is 33.9. The van der Waals surface area contributed by atoms with Crippen molar-refractivity contribution in [3.8, 4) is 66.8 Å². The number of rotatable bonds is 6. The number of hydrogen-bond donors (Lipinski definition) is 0. The molecule has 0 heterocycles. The van der Waals surface area contributed by atoms with Gasteiger partial charge in [-0.3, -0.25) is 0 Å². The maximum atomic E-state index is 2.35. The molecule has 13 rings (SSSR count). The summed E-state index contributed by atoms with van der Waals surface area (Å²) in [5.41, 5.74) is 14.6. The van der Waals surface area contributed by atoms with Gasteiger partial charge in [-0.05, 0) is 150 Å². The van der Waals surface area contributed by atoms with Gasteiger partial charge in [0.1, 0.15) is 0 Å². The van der Waals surface area contributed by atoms with Crippen molar-refractivity contribution in [1.82, 2.24) is 0 Å². The van der Waals surface area contributed by atoms with Crippen molar-refractivity contribution in [2.75, 3.05) is 0 Å². The van der Waals surface area contributed by atoms with Crippen molar-refractivity contribution >= 4 is 64.6 Å². The lowest BCUT2D eigenvalue weighted by Gasteiger charge is -2.15. The normalized spacial score (nSPS) is 11.9. The maximum Gasteiger partial charge on any atom is -0.00206 e. The molecule has 0 nitrogen and oxygen atoms in total. The molecule has 0 atom stereocenters. The van der Waals surface area contributed by atoms with Crippen molar-refractivity contribution < 1.29 is 0 Å². The van der Waals surface area contributed by atoms with Crippen LogP contribution in [-0.4, -0.2) is 0 Å². The minimum absolute atomic E-state index is 1.20. The quantitative estimate of drug-likeness (QED) is 0.147. The van der Waals surface area contributed by atoms with E-state index in [0.717, 1.165) is 0 Å². The van der Waals surface area contributed by atoms with Crippen molar-refractivity contribution in [1.29, 1.82) is 0 Å². The summed E-state index contributed by atoms with van der Waals surface area (Å²) in [6.07, 6.45) is 0. The van der Waals surface area contributed by atoms with Gasteiger partial charge in [-0.2, -0.15) is 0 Å². The molecular formula is C62H38. The van der Waals surface area contributed by atoms with E-state index in [1.54, 1.807) is 0 Å². The lowest BCUT2D eigenvalue weighted by Crippen LogP contribution is -1.88.